The minimum Gasteiger partial charge on any atom is -0.504 e. The molecular formula is C23H30O3. The number of carbonyl (C=O) groups excluding carboxylic acids is 1. The molecule has 0 saturated heterocycles. The summed E-state index contributed by atoms with van der Waals surface area (Å²) in [6.07, 6.45) is 9.16. The van der Waals surface area contributed by atoms with Gasteiger partial charge in [-0.1, -0.05) is 68.5 Å². The Balaban J connectivity index is 1.51. The second-order valence-electron chi connectivity index (χ2n) is 7.00. The second kappa shape index (κ2) is 10.6. The lowest BCUT2D eigenvalue weighted by Gasteiger charge is -2.06. The normalized spacial score (nSPS) is 10.8. The van der Waals surface area contributed by atoms with Crippen LogP contribution in [0.2, 0.25) is 0 Å². The number of aromatic hydroxyl groups is 2. The molecular weight excluding hydrogens is 324 g/mol. The molecule has 0 amide bonds. The van der Waals surface area contributed by atoms with Crippen molar-refractivity contribution in [1.82, 2.24) is 0 Å². The number of aryl methyl sites for hydroxylation is 2. The molecule has 0 bridgehead atoms. The van der Waals surface area contributed by atoms with Gasteiger partial charge in [-0.3, -0.25) is 4.79 Å². The molecule has 2 aromatic carbocycles. The minimum atomic E-state index is -0.0391. The number of benzene rings is 2. The van der Waals surface area contributed by atoms with Gasteiger partial charge < -0.3 is 10.2 Å². The van der Waals surface area contributed by atoms with Crippen molar-refractivity contribution < 1.29 is 15.0 Å². The van der Waals surface area contributed by atoms with E-state index in [1.165, 1.54) is 25.3 Å². The van der Waals surface area contributed by atoms with Crippen molar-refractivity contribution in [2.75, 3.05) is 0 Å². The maximum absolute atomic E-state index is 12.2. The summed E-state index contributed by atoms with van der Waals surface area (Å²) < 4.78 is 0. The van der Waals surface area contributed by atoms with Gasteiger partial charge in [0.2, 0.25) is 0 Å². The molecule has 0 spiro atoms. The van der Waals surface area contributed by atoms with Crippen molar-refractivity contribution >= 4 is 5.78 Å². The van der Waals surface area contributed by atoms with Gasteiger partial charge in [0.25, 0.3) is 0 Å². The summed E-state index contributed by atoms with van der Waals surface area (Å²) in [6, 6.07) is 12.9. The fourth-order valence-corrected chi connectivity index (χ4v) is 3.28. The molecule has 0 aliphatic rings. The van der Waals surface area contributed by atoms with Gasteiger partial charge in [0, 0.05) is 12.0 Å². The van der Waals surface area contributed by atoms with E-state index in [-0.39, 0.29) is 17.3 Å². The number of hydrogen-bond acceptors (Lipinski definition) is 3. The van der Waals surface area contributed by atoms with Crippen LogP contribution in [-0.2, 0) is 6.42 Å². The summed E-state index contributed by atoms with van der Waals surface area (Å²) >= 11 is 0. The van der Waals surface area contributed by atoms with E-state index in [1.54, 1.807) is 6.07 Å². The van der Waals surface area contributed by atoms with Crippen LogP contribution in [0.4, 0.5) is 0 Å². The van der Waals surface area contributed by atoms with Crippen molar-refractivity contribution in [2.24, 2.45) is 0 Å². The third kappa shape index (κ3) is 6.21. The van der Waals surface area contributed by atoms with Crippen LogP contribution in [-0.4, -0.2) is 16.0 Å². The van der Waals surface area contributed by atoms with Crippen molar-refractivity contribution in [1.29, 1.82) is 0 Å². The first kappa shape index (κ1) is 20.0. The van der Waals surface area contributed by atoms with Crippen LogP contribution in [0.5, 0.6) is 11.5 Å². The van der Waals surface area contributed by atoms with E-state index in [1.807, 2.05) is 37.3 Å². The molecule has 0 unspecified atom stereocenters. The maximum Gasteiger partial charge on any atom is 0.163 e. The Morgan fingerprint density at radius 3 is 2.19 bits per heavy atom. The SMILES string of the molecule is Cc1ccccc1C(=O)CCCCCCCCCc1cccc(O)c1O. The summed E-state index contributed by atoms with van der Waals surface area (Å²) in [7, 11) is 0. The lowest BCUT2D eigenvalue weighted by molar-refractivity contribution is 0.0978. The zero-order chi connectivity index (χ0) is 18.8. The maximum atomic E-state index is 12.2. The highest BCUT2D eigenvalue weighted by molar-refractivity contribution is 5.97. The minimum absolute atomic E-state index is 0.0193. The van der Waals surface area contributed by atoms with E-state index in [2.05, 4.69) is 0 Å². The number of ketones is 1. The summed E-state index contributed by atoms with van der Waals surface area (Å²) in [4.78, 5) is 12.2. The predicted octanol–water partition coefficient (Wildman–Crippen LogP) is 5.95. The monoisotopic (exact) mass is 354 g/mol. The Morgan fingerprint density at radius 1 is 0.808 bits per heavy atom. The standard InChI is InChI=1S/C23H30O3/c1-18-12-9-10-15-20(18)21(24)16-8-6-4-2-3-5-7-13-19-14-11-17-22(25)23(19)26/h9-12,14-15,17,25-26H,2-8,13,16H2,1H3. The summed E-state index contributed by atoms with van der Waals surface area (Å²) in [5, 5.41) is 19.2. The highest BCUT2D eigenvalue weighted by Gasteiger charge is 2.08. The summed E-state index contributed by atoms with van der Waals surface area (Å²) in [6.45, 7) is 1.99. The van der Waals surface area contributed by atoms with E-state index in [4.69, 9.17) is 0 Å². The number of phenols is 2. The number of carbonyl (C=O) groups is 1. The second-order valence-corrected chi connectivity index (χ2v) is 7.00. The first-order chi connectivity index (χ1) is 12.6. The molecule has 0 aliphatic heterocycles. The summed E-state index contributed by atoms with van der Waals surface area (Å²) in [5.74, 6) is 0.239. The number of para-hydroxylation sites is 1. The Kier molecular flexibility index (Phi) is 8.20. The first-order valence-corrected chi connectivity index (χ1v) is 9.68. The molecule has 0 fully saturated rings. The van der Waals surface area contributed by atoms with Crippen LogP contribution in [0.15, 0.2) is 42.5 Å². The van der Waals surface area contributed by atoms with Crippen LogP contribution < -0.4 is 0 Å². The smallest absolute Gasteiger partial charge is 0.163 e. The van der Waals surface area contributed by atoms with E-state index in [0.29, 0.717) is 6.42 Å². The van der Waals surface area contributed by atoms with Gasteiger partial charge in [-0.25, -0.2) is 0 Å². The van der Waals surface area contributed by atoms with Gasteiger partial charge in [0.1, 0.15) is 0 Å². The van der Waals surface area contributed by atoms with Crippen molar-refractivity contribution in [3.05, 3.63) is 59.2 Å². The Bertz CT molecular complexity index is 706. The molecule has 0 radical (unpaired) electrons. The number of Topliss-reactive ketones (excluding diaryl/α,β-unsaturated/α-hetero) is 1. The third-order valence-electron chi connectivity index (χ3n) is 4.89. The Morgan fingerprint density at radius 2 is 1.46 bits per heavy atom. The van der Waals surface area contributed by atoms with E-state index < -0.39 is 0 Å². The lowest BCUT2D eigenvalue weighted by Crippen LogP contribution is -2.01. The molecule has 26 heavy (non-hydrogen) atoms. The quantitative estimate of drug-likeness (QED) is 0.298. The average molecular weight is 354 g/mol. The molecule has 2 N–H and O–H groups in total. The fourth-order valence-electron chi connectivity index (χ4n) is 3.28. The first-order valence-electron chi connectivity index (χ1n) is 9.68. The molecule has 0 aromatic heterocycles. The van der Waals surface area contributed by atoms with Gasteiger partial charge in [0.05, 0.1) is 0 Å². The van der Waals surface area contributed by atoms with Crippen LogP contribution >= 0.6 is 0 Å². The third-order valence-corrected chi connectivity index (χ3v) is 4.89. The van der Waals surface area contributed by atoms with Crippen LogP contribution in [0.25, 0.3) is 0 Å². The van der Waals surface area contributed by atoms with Crippen LogP contribution in [0.3, 0.4) is 0 Å². The number of rotatable bonds is 11. The zero-order valence-corrected chi connectivity index (χ0v) is 15.7. The van der Waals surface area contributed by atoms with Gasteiger partial charge >= 0.3 is 0 Å². The molecule has 2 rings (SSSR count). The Hall–Kier alpha value is -2.29. The molecule has 0 atom stereocenters. The summed E-state index contributed by atoms with van der Waals surface area (Å²) in [5.41, 5.74) is 2.75. The highest BCUT2D eigenvalue weighted by atomic mass is 16.3. The zero-order valence-electron chi connectivity index (χ0n) is 15.7. The number of unbranched alkanes of at least 4 members (excludes halogenated alkanes) is 6. The highest BCUT2D eigenvalue weighted by Crippen LogP contribution is 2.29. The van der Waals surface area contributed by atoms with Gasteiger partial charge in [0.15, 0.2) is 17.3 Å². The van der Waals surface area contributed by atoms with Crippen LogP contribution in [0, 0.1) is 6.92 Å². The molecule has 0 saturated carbocycles. The average Bonchev–Trinajstić information content (AvgIpc) is 2.63. The molecule has 3 nitrogen and oxygen atoms in total. The predicted molar refractivity (Wildman–Crippen MR) is 106 cm³/mol. The number of phenolic OH excluding ortho intramolecular Hbond substituents is 2. The largest absolute Gasteiger partial charge is 0.504 e. The van der Waals surface area contributed by atoms with E-state index in [0.717, 1.165) is 48.8 Å². The van der Waals surface area contributed by atoms with Gasteiger partial charge in [-0.05, 0) is 43.4 Å². The topological polar surface area (TPSA) is 57.5 Å². The molecule has 2 aromatic rings. The van der Waals surface area contributed by atoms with Crippen molar-refractivity contribution in [2.45, 2.75) is 64.7 Å². The van der Waals surface area contributed by atoms with Crippen LogP contribution in [0.1, 0.15) is 72.9 Å². The molecule has 0 heterocycles. The van der Waals surface area contributed by atoms with Crippen molar-refractivity contribution in [3.63, 3.8) is 0 Å². The van der Waals surface area contributed by atoms with Gasteiger partial charge in [-0.15, -0.1) is 0 Å². The number of hydrogen-bond donors (Lipinski definition) is 2. The lowest BCUT2D eigenvalue weighted by atomic mass is 9.99. The van der Waals surface area contributed by atoms with Gasteiger partial charge in [-0.2, -0.15) is 0 Å². The van der Waals surface area contributed by atoms with E-state index >= 15 is 0 Å². The fraction of sp³-hybridized carbons (Fsp3) is 0.435. The van der Waals surface area contributed by atoms with E-state index in [9.17, 15) is 15.0 Å². The molecule has 3 heteroatoms. The Labute approximate surface area is 156 Å². The molecule has 0 aliphatic carbocycles. The molecule has 140 valence electrons. The van der Waals surface area contributed by atoms with Crippen molar-refractivity contribution in [3.8, 4) is 11.5 Å².